The van der Waals surface area contributed by atoms with E-state index in [2.05, 4.69) is 18.9 Å². The molecule has 1 aromatic rings. The molecular formula is C15H23N3O. The third-order valence-electron chi connectivity index (χ3n) is 3.85. The van der Waals surface area contributed by atoms with Crippen LogP contribution in [-0.4, -0.2) is 55.0 Å². The van der Waals surface area contributed by atoms with Crippen LogP contribution in [-0.2, 0) is 6.42 Å². The van der Waals surface area contributed by atoms with E-state index in [9.17, 15) is 4.79 Å². The lowest BCUT2D eigenvalue weighted by atomic mass is 10.1. The highest BCUT2D eigenvalue weighted by Gasteiger charge is 2.24. The smallest absolute Gasteiger partial charge is 0.253 e. The van der Waals surface area contributed by atoms with Crippen molar-refractivity contribution in [2.24, 2.45) is 5.73 Å². The van der Waals surface area contributed by atoms with E-state index in [1.165, 1.54) is 0 Å². The number of nitrogens with zero attached hydrogens (tertiary/aromatic N) is 2. The molecule has 1 aromatic carbocycles. The average Bonchev–Trinajstić information content (AvgIpc) is 2.42. The number of amides is 1. The molecule has 1 saturated heterocycles. The Kier molecular flexibility index (Phi) is 4.56. The summed E-state index contributed by atoms with van der Waals surface area (Å²) in [5.74, 6) is 0.138. The Bertz CT molecular complexity index is 447. The zero-order valence-electron chi connectivity index (χ0n) is 11.8. The van der Waals surface area contributed by atoms with Gasteiger partial charge in [0.15, 0.2) is 0 Å². The summed E-state index contributed by atoms with van der Waals surface area (Å²) in [4.78, 5) is 16.7. The van der Waals surface area contributed by atoms with Crippen molar-refractivity contribution >= 4 is 5.91 Å². The molecule has 1 fully saturated rings. The van der Waals surface area contributed by atoms with Crippen LogP contribution in [0.2, 0.25) is 0 Å². The van der Waals surface area contributed by atoms with E-state index in [-0.39, 0.29) is 5.91 Å². The van der Waals surface area contributed by atoms with Gasteiger partial charge in [-0.15, -0.1) is 0 Å². The molecule has 1 aliphatic heterocycles. The number of hydrogen-bond acceptors (Lipinski definition) is 3. The minimum absolute atomic E-state index is 0.138. The van der Waals surface area contributed by atoms with E-state index in [1.54, 1.807) is 0 Å². The first-order valence-corrected chi connectivity index (χ1v) is 6.90. The van der Waals surface area contributed by atoms with Crippen LogP contribution in [0.4, 0.5) is 0 Å². The van der Waals surface area contributed by atoms with Crippen LogP contribution in [0.1, 0.15) is 22.8 Å². The number of benzene rings is 1. The molecule has 0 bridgehead atoms. The maximum Gasteiger partial charge on any atom is 0.253 e. The van der Waals surface area contributed by atoms with Crippen LogP contribution in [0, 0.1) is 0 Å². The van der Waals surface area contributed by atoms with Crippen molar-refractivity contribution in [2.75, 3.05) is 33.2 Å². The molecule has 0 spiro atoms. The lowest BCUT2D eigenvalue weighted by molar-refractivity contribution is 0.0572. The van der Waals surface area contributed by atoms with Gasteiger partial charge in [0.2, 0.25) is 0 Å². The number of piperazine rings is 1. The van der Waals surface area contributed by atoms with Crippen LogP contribution in [0.3, 0.4) is 0 Å². The van der Waals surface area contributed by atoms with Crippen molar-refractivity contribution in [2.45, 2.75) is 19.4 Å². The first-order valence-electron chi connectivity index (χ1n) is 6.90. The number of rotatable bonds is 3. The molecule has 1 heterocycles. The number of nitrogens with two attached hydrogens (primary N) is 1. The van der Waals surface area contributed by atoms with Crippen LogP contribution in [0.25, 0.3) is 0 Å². The minimum Gasteiger partial charge on any atom is -0.336 e. The summed E-state index contributed by atoms with van der Waals surface area (Å²) in [6.45, 7) is 5.32. The molecule has 0 radical (unpaired) electrons. The Balaban J connectivity index is 2.09. The molecule has 4 heteroatoms. The molecule has 1 amide bonds. The van der Waals surface area contributed by atoms with E-state index >= 15 is 0 Å². The van der Waals surface area contributed by atoms with Crippen LogP contribution < -0.4 is 5.73 Å². The van der Waals surface area contributed by atoms with Crippen molar-refractivity contribution < 1.29 is 4.79 Å². The Morgan fingerprint density at radius 2 is 2.21 bits per heavy atom. The SMILES string of the molecule is CC1CN(C(=O)c2cccc(CCN)c2)CCN1C. The summed E-state index contributed by atoms with van der Waals surface area (Å²) in [7, 11) is 2.11. The van der Waals surface area contributed by atoms with Crippen molar-refractivity contribution in [1.29, 1.82) is 0 Å². The fourth-order valence-electron chi connectivity index (χ4n) is 2.44. The lowest BCUT2D eigenvalue weighted by Gasteiger charge is -2.37. The highest BCUT2D eigenvalue weighted by Crippen LogP contribution is 2.13. The summed E-state index contributed by atoms with van der Waals surface area (Å²) in [5.41, 5.74) is 7.48. The molecule has 0 aliphatic carbocycles. The number of hydrogen-bond donors (Lipinski definition) is 1. The van der Waals surface area contributed by atoms with Crippen molar-refractivity contribution in [3.8, 4) is 0 Å². The number of carbonyl (C=O) groups is 1. The second kappa shape index (κ2) is 6.17. The second-order valence-corrected chi connectivity index (χ2v) is 5.32. The number of likely N-dealkylation sites (N-methyl/N-ethyl adjacent to an activating group) is 1. The Labute approximate surface area is 115 Å². The molecule has 0 aromatic heterocycles. The highest BCUT2D eigenvalue weighted by atomic mass is 16.2. The van der Waals surface area contributed by atoms with Crippen molar-refractivity contribution in [3.63, 3.8) is 0 Å². The molecule has 1 unspecified atom stereocenters. The quantitative estimate of drug-likeness (QED) is 0.882. The molecule has 4 nitrogen and oxygen atoms in total. The predicted molar refractivity (Wildman–Crippen MR) is 77.2 cm³/mol. The third-order valence-corrected chi connectivity index (χ3v) is 3.85. The van der Waals surface area contributed by atoms with E-state index in [1.807, 2.05) is 29.2 Å². The second-order valence-electron chi connectivity index (χ2n) is 5.32. The Hall–Kier alpha value is -1.39. The summed E-state index contributed by atoms with van der Waals surface area (Å²) >= 11 is 0. The van der Waals surface area contributed by atoms with Gasteiger partial charge in [-0.2, -0.15) is 0 Å². The lowest BCUT2D eigenvalue weighted by Crippen LogP contribution is -2.52. The maximum absolute atomic E-state index is 12.5. The minimum atomic E-state index is 0.138. The summed E-state index contributed by atoms with van der Waals surface area (Å²) in [5, 5.41) is 0. The van der Waals surface area contributed by atoms with Crippen LogP contribution in [0.5, 0.6) is 0 Å². The third kappa shape index (κ3) is 3.33. The molecule has 2 rings (SSSR count). The van der Waals surface area contributed by atoms with E-state index < -0.39 is 0 Å². The molecule has 104 valence electrons. The predicted octanol–water partition coefficient (Wildman–Crippen LogP) is 0.964. The van der Waals surface area contributed by atoms with Gasteiger partial charge in [-0.25, -0.2) is 0 Å². The molecule has 0 saturated carbocycles. The van der Waals surface area contributed by atoms with Gasteiger partial charge in [0, 0.05) is 31.2 Å². The number of carbonyl (C=O) groups excluding carboxylic acids is 1. The summed E-state index contributed by atoms with van der Waals surface area (Å²) in [6.07, 6.45) is 0.820. The average molecular weight is 261 g/mol. The van der Waals surface area contributed by atoms with Gasteiger partial charge in [-0.1, -0.05) is 12.1 Å². The normalized spacial score (nSPS) is 20.6. The van der Waals surface area contributed by atoms with E-state index in [0.29, 0.717) is 12.6 Å². The first kappa shape index (κ1) is 14.0. The molecule has 1 aliphatic rings. The monoisotopic (exact) mass is 261 g/mol. The van der Waals surface area contributed by atoms with Crippen molar-refractivity contribution in [1.82, 2.24) is 9.80 Å². The van der Waals surface area contributed by atoms with Crippen molar-refractivity contribution in [3.05, 3.63) is 35.4 Å². The standard InChI is InChI=1S/C15H23N3O/c1-12-11-18(9-8-17(12)2)15(19)14-5-3-4-13(10-14)6-7-16/h3-5,10,12H,6-9,11,16H2,1-2H3. The fourth-order valence-corrected chi connectivity index (χ4v) is 2.44. The van der Waals surface area contributed by atoms with Gasteiger partial charge in [0.25, 0.3) is 5.91 Å². The summed E-state index contributed by atoms with van der Waals surface area (Å²) in [6, 6.07) is 8.25. The maximum atomic E-state index is 12.5. The Morgan fingerprint density at radius 1 is 1.42 bits per heavy atom. The van der Waals surface area contributed by atoms with Crippen LogP contribution in [0.15, 0.2) is 24.3 Å². The highest BCUT2D eigenvalue weighted by molar-refractivity contribution is 5.94. The first-order chi connectivity index (χ1) is 9.11. The van der Waals surface area contributed by atoms with Gasteiger partial charge >= 0.3 is 0 Å². The molecule has 19 heavy (non-hydrogen) atoms. The topological polar surface area (TPSA) is 49.6 Å². The molecule has 1 atom stereocenters. The zero-order chi connectivity index (χ0) is 13.8. The van der Waals surface area contributed by atoms with Gasteiger partial charge in [-0.3, -0.25) is 4.79 Å². The van der Waals surface area contributed by atoms with Crippen LogP contribution >= 0.6 is 0 Å². The molecular weight excluding hydrogens is 238 g/mol. The summed E-state index contributed by atoms with van der Waals surface area (Å²) < 4.78 is 0. The fraction of sp³-hybridized carbons (Fsp3) is 0.533. The van der Waals surface area contributed by atoms with Gasteiger partial charge in [-0.05, 0) is 44.6 Å². The van der Waals surface area contributed by atoms with E-state index in [4.69, 9.17) is 5.73 Å². The van der Waals surface area contributed by atoms with E-state index in [0.717, 1.165) is 37.2 Å². The molecule has 2 N–H and O–H groups in total. The van der Waals surface area contributed by atoms with Gasteiger partial charge < -0.3 is 15.5 Å². The van der Waals surface area contributed by atoms with Gasteiger partial charge in [0.1, 0.15) is 0 Å². The van der Waals surface area contributed by atoms with Gasteiger partial charge in [0.05, 0.1) is 0 Å². The largest absolute Gasteiger partial charge is 0.336 e. The Morgan fingerprint density at radius 3 is 2.89 bits per heavy atom. The zero-order valence-corrected chi connectivity index (χ0v) is 11.8.